The lowest BCUT2D eigenvalue weighted by molar-refractivity contribution is -0.119. The third kappa shape index (κ3) is 1.82. The minimum absolute atomic E-state index is 0.00377. The van der Waals surface area contributed by atoms with Crippen molar-refractivity contribution >= 4 is 11.7 Å². The van der Waals surface area contributed by atoms with E-state index in [1.165, 1.54) is 5.56 Å². The van der Waals surface area contributed by atoms with Gasteiger partial charge in [-0.25, -0.2) is 0 Å². The second-order valence-electron chi connectivity index (χ2n) is 3.40. The first kappa shape index (κ1) is 8.94. The van der Waals surface area contributed by atoms with E-state index in [1.54, 1.807) is 6.92 Å². The summed E-state index contributed by atoms with van der Waals surface area (Å²) in [6.07, 6.45) is 0.705. The normalized spacial score (nSPS) is 20.5. The predicted molar refractivity (Wildman–Crippen MR) is 55.2 cm³/mol. The molecule has 0 aromatic heterocycles. The number of nitrogens with zero attached hydrogens (tertiary/aromatic N) is 1. The highest BCUT2D eigenvalue weighted by Crippen LogP contribution is 2.05. The molecule has 1 aromatic rings. The van der Waals surface area contributed by atoms with Gasteiger partial charge in [0.25, 0.3) is 0 Å². The Balaban J connectivity index is 2.07. The fourth-order valence-corrected chi connectivity index (χ4v) is 1.45. The zero-order valence-electron chi connectivity index (χ0n) is 8.03. The van der Waals surface area contributed by atoms with E-state index in [1.807, 2.05) is 30.3 Å². The van der Waals surface area contributed by atoms with E-state index < -0.39 is 0 Å². The Labute approximate surface area is 82.9 Å². The highest BCUT2D eigenvalue weighted by molar-refractivity contribution is 6.06. The molecular weight excluding hydrogens is 176 g/mol. The first-order chi connectivity index (χ1) is 6.75. The van der Waals surface area contributed by atoms with Gasteiger partial charge < -0.3 is 5.32 Å². The van der Waals surface area contributed by atoms with Crippen LogP contribution in [0.4, 0.5) is 0 Å². The maximum Gasteiger partial charge on any atom is 0.249 e. The van der Waals surface area contributed by atoms with Gasteiger partial charge >= 0.3 is 0 Å². The molecule has 1 aliphatic rings. The Hall–Kier alpha value is -1.64. The summed E-state index contributed by atoms with van der Waals surface area (Å²) in [5.74, 6) is 0.768. The summed E-state index contributed by atoms with van der Waals surface area (Å²) in [5, 5.41) is 2.76. The number of rotatable bonds is 2. The quantitative estimate of drug-likeness (QED) is 0.743. The van der Waals surface area contributed by atoms with Gasteiger partial charge in [0.2, 0.25) is 5.91 Å². The predicted octanol–water partition coefficient (Wildman–Crippen LogP) is 1.15. The summed E-state index contributed by atoms with van der Waals surface area (Å²) in [5.41, 5.74) is 1.17. The van der Waals surface area contributed by atoms with E-state index >= 15 is 0 Å². The van der Waals surface area contributed by atoms with Gasteiger partial charge in [-0.15, -0.1) is 0 Å². The second-order valence-corrected chi connectivity index (χ2v) is 3.40. The maximum atomic E-state index is 11.1. The van der Waals surface area contributed by atoms with Crippen molar-refractivity contribution in [1.29, 1.82) is 0 Å². The van der Waals surface area contributed by atoms with E-state index in [-0.39, 0.29) is 11.9 Å². The monoisotopic (exact) mass is 188 g/mol. The second kappa shape index (κ2) is 3.62. The van der Waals surface area contributed by atoms with Gasteiger partial charge in [0.15, 0.2) is 0 Å². The minimum atomic E-state index is -0.228. The number of amides is 1. The van der Waals surface area contributed by atoms with Gasteiger partial charge in [-0.1, -0.05) is 30.3 Å². The number of carbonyl (C=O) groups is 1. The van der Waals surface area contributed by atoms with Crippen molar-refractivity contribution in [2.24, 2.45) is 4.99 Å². The van der Waals surface area contributed by atoms with Crippen molar-refractivity contribution in [3.8, 4) is 0 Å². The summed E-state index contributed by atoms with van der Waals surface area (Å²) in [7, 11) is 0. The van der Waals surface area contributed by atoms with Crippen molar-refractivity contribution in [1.82, 2.24) is 5.32 Å². The van der Waals surface area contributed by atoms with Crippen molar-refractivity contribution in [3.05, 3.63) is 35.9 Å². The molecule has 0 fully saturated rings. The molecule has 72 valence electrons. The van der Waals surface area contributed by atoms with Gasteiger partial charge in [-0.2, -0.15) is 0 Å². The van der Waals surface area contributed by atoms with Crippen molar-refractivity contribution in [2.45, 2.75) is 19.4 Å². The van der Waals surface area contributed by atoms with Crippen LogP contribution < -0.4 is 5.32 Å². The molecule has 0 saturated carbocycles. The zero-order chi connectivity index (χ0) is 9.97. The van der Waals surface area contributed by atoms with Gasteiger partial charge in [0.1, 0.15) is 11.9 Å². The van der Waals surface area contributed by atoms with Crippen LogP contribution in [0.3, 0.4) is 0 Å². The van der Waals surface area contributed by atoms with Gasteiger partial charge in [0, 0.05) is 6.42 Å². The third-order valence-corrected chi connectivity index (χ3v) is 2.21. The van der Waals surface area contributed by atoms with Gasteiger partial charge in [0.05, 0.1) is 0 Å². The Morgan fingerprint density at radius 2 is 2.07 bits per heavy atom. The summed E-state index contributed by atoms with van der Waals surface area (Å²) in [4.78, 5) is 15.4. The average Bonchev–Trinajstić information content (AvgIpc) is 2.47. The standard InChI is InChI=1S/C11H12N2O/c1-8-11(14)13-10(12-8)7-9-5-3-2-4-6-9/h2-6,8H,7H2,1H3,(H,12,13,14). The van der Waals surface area contributed by atoms with Crippen LogP contribution in [-0.2, 0) is 11.2 Å². The van der Waals surface area contributed by atoms with Crippen LogP contribution in [0.15, 0.2) is 35.3 Å². The third-order valence-electron chi connectivity index (χ3n) is 2.21. The number of hydrogen-bond donors (Lipinski definition) is 1. The molecule has 14 heavy (non-hydrogen) atoms. The van der Waals surface area contributed by atoms with Crippen molar-refractivity contribution in [3.63, 3.8) is 0 Å². The smallest absolute Gasteiger partial charge is 0.249 e. The molecule has 0 saturated heterocycles. The van der Waals surface area contributed by atoms with E-state index in [2.05, 4.69) is 10.3 Å². The number of hydrogen-bond acceptors (Lipinski definition) is 2. The number of amidine groups is 1. The SMILES string of the molecule is CC1N=C(Cc2ccccc2)NC1=O. The van der Waals surface area contributed by atoms with Gasteiger partial charge in [-0.3, -0.25) is 9.79 Å². The highest BCUT2D eigenvalue weighted by atomic mass is 16.2. The summed E-state index contributed by atoms with van der Waals surface area (Å²) >= 11 is 0. The van der Waals surface area contributed by atoms with Crippen LogP contribution in [0.25, 0.3) is 0 Å². The lowest BCUT2D eigenvalue weighted by Crippen LogP contribution is -2.28. The Morgan fingerprint density at radius 3 is 2.64 bits per heavy atom. The molecule has 2 rings (SSSR count). The number of aliphatic imine (C=N–C) groups is 1. The average molecular weight is 188 g/mol. The number of benzene rings is 1. The van der Waals surface area contributed by atoms with Crippen LogP contribution >= 0.6 is 0 Å². The van der Waals surface area contributed by atoms with Crippen molar-refractivity contribution in [2.75, 3.05) is 0 Å². The summed E-state index contributed by atoms with van der Waals surface area (Å²) < 4.78 is 0. The Kier molecular flexibility index (Phi) is 2.31. The summed E-state index contributed by atoms with van der Waals surface area (Å²) in [6, 6.07) is 9.76. The summed E-state index contributed by atoms with van der Waals surface area (Å²) in [6.45, 7) is 1.80. The molecule has 3 heteroatoms. The van der Waals surface area contributed by atoms with E-state index in [0.29, 0.717) is 6.42 Å². The van der Waals surface area contributed by atoms with Crippen molar-refractivity contribution < 1.29 is 4.79 Å². The van der Waals surface area contributed by atoms with Crippen LogP contribution in [0.1, 0.15) is 12.5 Å². The largest absolute Gasteiger partial charge is 0.312 e. The molecule has 1 heterocycles. The van der Waals surface area contributed by atoms with Crippen LogP contribution in [0.2, 0.25) is 0 Å². The molecule has 1 aliphatic heterocycles. The molecule has 1 atom stereocenters. The number of carbonyl (C=O) groups excluding carboxylic acids is 1. The molecule has 1 unspecified atom stereocenters. The molecule has 0 aliphatic carbocycles. The first-order valence-corrected chi connectivity index (χ1v) is 4.67. The van der Waals surface area contributed by atoms with Crippen LogP contribution in [0.5, 0.6) is 0 Å². The number of nitrogens with one attached hydrogen (secondary N) is 1. The van der Waals surface area contributed by atoms with Gasteiger partial charge in [-0.05, 0) is 12.5 Å². The van der Waals surface area contributed by atoms with E-state index in [4.69, 9.17) is 0 Å². The van der Waals surface area contributed by atoms with E-state index in [9.17, 15) is 4.79 Å². The maximum absolute atomic E-state index is 11.1. The fourth-order valence-electron chi connectivity index (χ4n) is 1.45. The zero-order valence-corrected chi connectivity index (χ0v) is 8.03. The fraction of sp³-hybridized carbons (Fsp3) is 0.273. The topological polar surface area (TPSA) is 41.5 Å². The molecule has 3 nitrogen and oxygen atoms in total. The molecule has 0 radical (unpaired) electrons. The lowest BCUT2D eigenvalue weighted by Gasteiger charge is -2.00. The van der Waals surface area contributed by atoms with Crippen LogP contribution in [0, 0.1) is 0 Å². The molecule has 1 N–H and O–H groups in total. The molecule has 1 amide bonds. The van der Waals surface area contributed by atoms with Crippen LogP contribution in [-0.4, -0.2) is 17.8 Å². The molecule has 0 spiro atoms. The minimum Gasteiger partial charge on any atom is -0.312 e. The molecule has 0 bridgehead atoms. The lowest BCUT2D eigenvalue weighted by atomic mass is 10.1. The highest BCUT2D eigenvalue weighted by Gasteiger charge is 2.21. The van der Waals surface area contributed by atoms with E-state index in [0.717, 1.165) is 5.84 Å². The molecule has 1 aromatic carbocycles. The first-order valence-electron chi connectivity index (χ1n) is 4.67. The Morgan fingerprint density at radius 1 is 1.36 bits per heavy atom. The Bertz CT molecular complexity index is 370. The molecular formula is C11H12N2O.